The van der Waals surface area contributed by atoms with E-state index in [2.05, 4.69) is 123 Å². The number of carbonyl (C=O) groups is 1. The van der Waals surface area contributed by atoms with Gasteiger partial charge in [0.15, 0.2) is 12.3 Å². The van der Waals surface area contributed by atoms with Crippen molar-refractivity contribution in [3.8, 4) is 0 Å². The highest BCUT2D eigenvalue weighted by Gasteiger charge is 2.44. The normalized spacial score (nSPS) is 17.5. The molecule has 2 aromatic rings. The first-order chi connectivity index (χ1) is 21.7. The highest BCUT2D eigenvalue weighted by molar-refractivity contribution is 6.03. The summed E-state index contributed by atoms with van der Waals surface area (Å²) in [5.74, 6) is 0.139. The predicted octanol–water partition coefficient (Wildman–Crippen LogP) is 5.64. The van der Waals surface area contributed by atoms with E-state index in [-0.39, 0.29) is 16.7 Å². The molecule has 244 valence electrons. The Kier molecular flexibility index (Phi) is 12.2. The van der Waals surface area contributed by atoms with Crippen molar-refractivity contribution in [1.29, 1.82) is 0 Å². The van der Waals surface area contributed by atoms with Crippen LogP contribution in [-0.4, -0.2) is 62.0 Å². The Morgan fingerprint density at radius 1 is 0.911 bits per heavy atom. The number of rotatable bonds is 17. The molecule has 0 saturated carbocycles. The number of benzene rings is 2. The van der Waals surface area contributed by atoms with E-state index in [1.54, 1.807) is 4.90 Å². The number of unbranched alkanes of at least 4 members (excludes halogenated alkanes) is 2. The van der Waals surface area contributed by atoms with Crippen LogP contribution in [0.25, 0.3) is 0 Å². The number of nitrogens with one attached hydrogen (secondary N) is 2. The zero-order valence-corrected chi connectivity index (χ0v) is 28.9. The molecule has 2 aromatic carbocycles. The van der Waals surface area contributed by atoms with Gasteiger partial charge in [0, 0.05) is 54.0 Å². The summed E-state index contributed by atoms with van der Waals surface area (Å²) in [4.78, 5) is 16.3. The molecule has 4 rings (SSSR count). The van der Waals surface area contributed by atoms with Crippen LogP contribution >= 0.6 is 0 Å². The van der Waals surface area contributed by atoms with Crippen molar-refractivity contribution in [2.24, 2.45) is 5.73 Å². The standard InChI is InChI=1S/C39H57N5O/c1-7-42(8-2)28-18-30-44-34-22-14-12-20-32(34)39(5,6)36(44)24-16-23-35-38(3,4)31-19-11-13-21-33(31)43(35)29-15-9-10-25-37(45)41-27-17-26-40/h11-14,16,19-24H,7-10,15,17-18,25-30,40H2,1-6H3/p+2. The number of allylic oxidation sites excluding steroid dienone is 4. The molecule has 0 atom stereocenters. The van der Waals surface area contributed by atoms with E-state index in [0.717, 1.165) is 38.8 Å². The van der Waals surface area contributed by atoms with Crippen LogP contribution in [0.3, 0.4) is 0 Å². The van der Waals surface area contributed by atoms with Gasteiger partial charge in [0.2, 0.25) is 11.6 Å². The second-order valence-corrected chi connectivity index (χ2v) is 13.7. The molecule has 0 aromatic heterocycles. The molecule has 4 N–H and O–H groups in total. The summed E-state index contributed by atoms with van der Waals surface area (Å²) in [6, 6.07) is 17.8. The lowest BCUT2D eigenvalue weighted by Gasteiger charge is -2.27. The maximum absolute atomic E-state index is 12.1. The summed E-state index contributed by atoms with van der Waals surface area (Å²) in [6.07, 6.45) is 12.6. The fourth-order valence-corrected chi connectivity index (χ4v) is 7.24. The number of nitrogens with two attached hydrogens (primary N) is 1. The number of anilines is 1. The Balaban J connectivity index is 1.54. The lowest BCUT2D eigenvalue weighted by molar-refractivity contribution is -0.897. The van der Waals surface area contributed by atoms with Crippen molar-refractivity contribution in [3.63, 3.8) is 0 Å². The molecular weight excluding hydrogens is 554 g/mol. The van der Waals surface area contributed by atoms with Gasteiger partial charge in [-0.1, -0.05) is 62.7 Å². The van der Waals surface area contributed by atoms with Gasteiger partial charge in [0.1, 0.15) is 0 Å². The molecule has 45 heavy (non-hydrogen) atoms. The van der Waals surface area contributed by atoms with Crippen molar-refractivity contribution < 1.29 is 14.3 Å². The molecule has 2 aliphatic rings. The Hall–Kier alpha value is -3.22. The van der Waals surface area contributed by atoms with E-state index in [4.69, 9.17) is 5.73 Å². The van der Waals surface area contributed by atoms with Crippen molar-refractivity contribution in [3.05, 3.63) is 83.6 Å². The number of hydrogen-bond acceptors (Lipinski definition) is 3. The Morgan fingerprint density at radius 3 is 2.36 bits per heavy atom. The maximum atomic E-state index is 12.1. The number of quaternary nitrogens is 1. The number of carbonyl (C=O) groups excluding carboxylic acids is 1. The van der Waals surface area contributed by atoms with Gasteiger partial charge in [-0.05, 0) is 71.2 Å². The van der Waals surface area contributed by atoms with Crippen LogP contribution in [0.15, 0.2) is 72.5 Å². The first-order valence-corrected chi connectivity index (χ1v) is 17.5. The van der Waals surface area contributed by atoms with Crippen LogP contribution in [0.5, 0.6) is 0 Å². The van der Waals surface area contributed by atoms with Gasteiger partial charge < -0.3 is 20.9 Å². The summed E-state index contributed by atoms with van der Waals surface area (Å²) in [7, 11) is 0. The minimum atomic E-state index is -0.0884. The summed E-state index contributed by atoms with van der Waals surface area (Å²) in [6.45, 7) is 20.8. The lowest BCUT2D eigenvalue weighted by atomic mass is 9.81. The first kappa shape index (κ1) is 34.6. The van der Waals surface area contributed by atoms with Crippen molar-refractivity contribution in [2.45, 2.75) is 90.9 Å². The van der Waals surface area contributed by atoms with Crippen LogP contribution < -0.4 is 20.9 Å². The van der Waals surface area contributed by atoms with Crippen LogP contribution in [0.2, 0.25) is 0 Å². The van der Waals surface area contributed by atoms with Gasteiger partial charge in [-0.3, -0.25) is 4.79 Å². The quantitative estimate of drug-likeness (QED) is 0.160. The van der Waals surface area contributed by atoms with Gasteiger partial charge in [0.05, 0.1) is 31.5 Å². The molecule has 1 amide bonds. The third-order valence-corrected chi connectivity index (χ3v) is 10.0. The molecule has 0 bridgehead atoms. The summed E-state index contributed by atoms with van der Waals surface area (Å²) >= 11 is 0. The van der Waals surface area contributed by atoms with E-state index in [9.17, 15) is 4.79 Å². The molecule has 0 spiro atoms. The fraction of sp³-hybridized carbons (Fsp3) is 0.538. The molecule has 2 aliphatic heterocycles. The molecule has 0 radical (unpaired) electrons. The minimum absolute atomic E-state index is 0.0574. The second-order valence-electron chi connectivity index (χ2n) is 13.7. The Morgan fingerprint density at radius 2 is 1.62 bits per heavy atom. The molecule has 6 heteroatoms. The number of para-hydroxylation sites is 2. The van der Waals surface area contributed by atoms with Crippen LogP contribution in [0, 0.1) is 0 Å². The van der Waals surface area contributed by atoms with Crippen molar-refractivity contribution >= 4 is 23.0 Å². The lowest BCUT2D eigenvalue weighted by Crippen LogP contribution is -3.11. The average Bonchev–Trinajstić information content (AvgIpc) is 3.38. The van der Waals surface area contributed by atoms with Crippen LogP contribution in [0.4, 0.5) is 11.4 Å². The van der Waals surface area contributed by atoms with Crippen molar-refractivity contribution in [1.82, 2.24) is 5.32 Å². The highest BCUT2D eigenvalue weighted by atomic mass is 16.1. The molecule has 2 heterocycles. The van der Waals surface area contributed by atoms with Crippen LogP contribution in [0.1, 0.15) is 91.2 Å². The van der Waals surface area contributed by atoms with Gasteiger partial charge in [0.25, 0.3) is 0 Å². The van der Waals surface area contributed by atoms with E-state index >= 15 is 0 Å². The largest absolute Gasteiger partial charge is 0.356 e. The number of hydrogen-bond donors (Lipinski definition) is 3. The molecule has 0 saturated heterocycles. The van der Waals surface area contributed by atoms with Gasteiger partial charge in [-0.2, -0.15) is 4.58 Å². The molecule has 0 aliphatic carbocycles. The fourth-order valence-electron chi connectivity index (χ4n) is 7.24. The topological polar surface area (TPSA) is 65.8 Å². The smallest absolute Gasteiger partial charge is 0.219 e. The molecule has 0 fully saturated rings. The highest BCUT2D eigenvalue weighted by Crippen LogP contribution is 2.48. The van der Waals surface area contributed by atoms with Gasteiger partial charge in [-0.25, -0.2) is 0 Å². The molecular formula is C39H59N5O+2. The van der Waals surface area contributed by atoms with Crippen molar-refractivity contribution in [2.75, 3.05) is 50.7 Å². The average molecular weight is 614 g/mol. The number of fused-ring (bicyclic) bond motifs is 2. The van der Waals surface area contributed by atoms with E-state index in [1.165, 1.54) is 60.0 Å². The summed E-state index contributed by atoms with van der Waals surface area (Å²) < 4.78 is 2.58. The Bertz CT molecular complexity index is 1380. The summed E-state index contributed by atoms with van der Waals surface area (Å²) in [5, 5.41) is 2.98. The first-order valence-electron chi connectivity index (χ1n) is 17.5. The predicted molar refractivity (Wildman–Crippen MR) is 190 cm³/mol. The zero-order chi connectivity index (χ0) is 32.5. The monoisotopic (exact) mass is 613 g/mol. The maximum Gasteiger partial charge on any atom is 0.219 e. The SMILES string of the molecule is CC[NH+](CC)CCC[N+]1=C(/C=C/C=C2/N(CCCCCC(=O)NCCCN)c3ccccc3C2(C)C)C(C)(C)c2ccccc21. The Labute approximate surface area is 273 Å². The zero-order valence-electron chi connectivity index (χ0n) is 28.9. The number of nitrogens with zero attached hydrogens (tertiary/aromatic N) is 2. The number of amides is 1. The minimum Gasteiger partial charge on any atom is -0.356 e. The third kappa shape index (κ3) is 7.96. The second kappa shape index (κ2) is 15.9. The van der Waals surface area contributed by atoms with Gasteiger partial charge >= 0.3 is 0 Å². The third-order valence-electron chi connectivity index (χ3n) is 10.0. The summed E-state index contributed by atoms with van der Waals surface area (Å²) in [5.41, 5.74) is 13.6. The molecule has 0 unspecified atom stereocenters. The van der Waals surface area contributed by atoms with Gasteiger partial charge in [-0.15, -0.1) is 0 Å². The molecule has 6 nitrogen and oxygen atoms in total. The van der Waals surface area contributed by atoms with Crippen LogP contribution in [-0.2, 0) is 15.6 Å². The van der Waals surface area contributed by atoms with E-state index in [0.29, 0.717) is 19.5 Å². The van der Waals surface area contributed by atoms with E-state index in [1.807, 2.05) is 0 Å². The van der Waals surface area contributed by atoms with E-state index < -0.39 is 0 Å².